The van der Waals surface area contributed by atoms with E-state index in [1.54, 1.807) is 30.7 Å². The third-order valence-corrected chi connectivity index (χ3v) is 4.49. The SMILES string of the molecule is CN(CCO)c1ccc(C(=O)N2CCC(Oc3cccnc3)CC2)cn1. The van der Waals surface area contributed by atoms with Gasteiger partial charge in [-0.05, 0) is 24.3 Å². The summed E-state index contributed by atoms with van der Waals surface area (Å²) in [6.45, 7) is 1.89. The van der Waals surface area contributed by atoms with Gasteiger partial charge in [0, 0.05) is 51.9 Å². The van der Waals surface area contributed by atoms with Gasteiger partial charge in [0.2, 0.25) is 0 Å². The van der Waals surface area contributed by atoms with Crippen LogP contribution in [0.5, 0.6) is 5.75 Å². The van der Waals surface area contributed by atoms with Crippen LogP contribution < -0.4 is 9.64 Å². The molecule has 3 heterocycles. The average molecular weight is 356 g/mol. The molecule has 138 valence electrons. The first-order chi connectivity index (χ1) is 12.7. The maximum absolute atomic E-state index is 12.7. The van der Waals surface area contributed by atoms with Gasteiger partial charge in [0.1, 0.15) is 17.7 Å². The van der Waals surface area contributed by atoms with E-state index in [1.807, 2.05) is 29.0 Å². The van der Waals surface area contributed by atoms with Crippen molar-refractivity contribution in [1.82, 2.24) is 14.9 Å². The van der Waals surface area contributed by atoms with Crippen LogP contribution in [0.25, 0.3) is 0 Å². The molecule has 1 aliphatic heterocycles. The van der Waals surface area contributed by atoms with Crippen LogP contribution in [0.1, 0.15) is 23.2 Å². The number of aliphatic hydroxyl groups excluding tert-OH is 1. The minimum Gasteiger partial charge on any atom is -0.489 e. The molecule has 7 nitrogen and oxygen atoms in total. The van der Waals surface area contributed by atoms with Crippen molar-refractivity contribution >= 4 is 11.7 Å². The zero-order chi connectivity index (χ0) is 18.4. The number of likely N-dealkylation sites (tertiary alicyclic amines) is 1. The van der Waals surface area contributed by atoms with Crippen LogP contribution in [-0.2, 0) is 0 Å². The molecule has 1 amide bonds. The van der Waals surface area contributed by atoms with Gasteiger partial charge in [-0.25, -0.2) is 4.98 Å². The first-order valence-corrected chi connectivity index (χ1v) is 8.81. The molecule has 2 aromatic rings. The van der Waals surface area contributed by atoms with Crippen molar-refractivity contribution in [3.05, 3.63) is 48.4 Å². The number of piperidine rings is 1. The molecule has 2 aromatic heterocycles. The monoisotopic (exact) mass is 356 g/mol. The standard InChI is InChI=1S/C19H24N4O3/c1-22(11-12-24)18-5-4-15(13-21-18)19(25)23-9-6-16(7-10-23)26-17-3-2-8-20-14-17/h2-5,8,13-14,16,24H,6-7,9-12H2,1H3. The summed E-state index contributed by atoms with van der Waals surface area (Å²) in [6.07, 6.45) is 6.73. The molecule has 7 heteroatoms. The second-order valence-electron chi connectivity index (χ2n) is 6.35. The molecule has 0 unspecified atom stereocenters. The van der Waals surface area contributed by atoms with E-state index in [1.165, 1.54) is 0 Å². The van der Waals surface area contributed by atoms with Gasteiger partial charge >= 0.3 is 0 Å². The molecular formula is C19H24N4O3. The van der Waals surface area contributed by atoms with Crippen molar-refractivity contribution in [2.24, 2.45) is 0 Å². The number of aliphatic hydroxyl groups is 1. The largest absolute Gasteiger partial charge is 0.489 e. The van der Waals surface area contributed by atoms with E-state index < -0.39 is 0 Å². The molecular weight excluding hydrogens is 332 g/mol. The van der Waals surface area contributed by atoms with Gasteiger partial charge < -0.3 is 19.6 Å². The molecule has 1 N–H and O–H groups in total. The molecule has 3 rings (SSSR count). The van der Waals surface area contributed by atoms with Crippen molar-refractivity contribution in [3.8, 4) is 5.75 Å². The Balaban J connectivity index is 1.53. The summed E-state index contributed by atoms with van der Waals surface area (Å²) >= 11 is 0. The third-order valence-electron chi connectivity index (χ3n) is 4.49. The number of nitrogens with zero attached hydrogens (tertiary/aromatic N) is 4. The van der Waals surface area contributed by atoms with E-state index in [0.717, 1.165) is 24.4 Å². The lowest BCUT2D eigenvalue weighted by Gasteiger charge is -2.32. The summed E-state index contributed by atoms with van der Waals surface area (Å²) in [5.74, 6) is 1.50. The van der Waals surface area contributed by atoms with Crippen LogP contribution in [0.3, 0.4) is 0 Å². The number of ether oxygens (including phenoxy) is 1. The zero-order valence-corrected chi connectivity index (χ0v) is 14.9. The Bertz CT molecular complexity index is 700. The van der Waals surface area contributed by atoms with Crippen molar-refractivity contribution in [2.75, 3.05) is 38.2 Å². The van der Waals surface area contributed by atoms with E-state index in [9.17, 15) is 4.79 Å². The predicted octanol–water partition coefficient (Wildman–Crippen LogP) is 1.59. The summed E-state index contributed by atoms with van der Waals surface area (Å²) < 4.78 is 5.92. The number of hydrogen-bond donors (Lipinski definition) is 1. The number of aromatic nitrogens is 2. The van der Waals surface area contributed by atoms with E-state index >= 15 is 0 Å². The molecule has 0 aromatic carbocycles. The number of carbonyl (C=O) groups excluding carboxylic acids is 1. The Hall–Kier alpha value is -2.67. The molecule has 1 aliphatic rings. The minimum atomic E-state index is -0.00584. The van der Waals surface area contributed by atoms with E-state index in [4.69, 9.17) is 9.84 Å². The molecule has 1 fully saturated rings. The van der Waals surface area contributed by atoms with Crippen LogP contribution in [0, 0.1) is 0 Å². The van der Waals surface area contributed by atoms with E-state index in [2.05, 4.69) is 9.97 Å². The van der Waals surface area contributed by atoms with Crippen molar-refractivity contribution in [3.63, 3.8) is 0 Å². The van der Waals surface area contributed by atoms with E-state index in [0.29, 0.717) is 25.2 Å². The van der Waals surface area contributed by atoms with Crippen molar-refractivity contribution in [2.45, 2.75) is 18.9 Å². The van der Waals surface area contributed by atoms with Gasteiger partial charge in [0.15, 0.2) is 0 Å². The molecule has 0 atom stereocenters. The van der Waals surface area contributed by atoms with Gasteiger partial charge in [-0.2, -0.15) is 0 Å². The van der Waals surface area contributed by atoms with Gasteiger partial charge in [0.05, 0.1) is 18.4 Å². The second-order valence-corrected chi connectivity index (χ2v) is 6.35. The summed E-state index contributed by atoms with van der Waals surface area (Å²) in [4.78, 5) is 24.7. The van der Waals surface area contributed by atoms with Gasteiger partial charge in [0.25, 0.3) is 5.91 Å². The molecule has 0 spiro atoms. The van der Waals surface area contributed by atoms with Crippen molar-refractivity contribution in [1.29, 1.82) is 0 Å². The highest BCUT2D eigenvalue weighted by atomic mass is 16.5. The topological polar surface area (TPSA) is 78.8 Å². The first-order valence-electron chi connectivity index (χ1n) is 8.81. The van der Waals surface area contributed by atoms with Crippen LogP contribution in [-0.4, -0.2) is 65.3 Å². The van der Waals surface area contributed by atoms with E-state index in [-0.39, 0.29) is 18.6 Å². The Morgan fingerprint density at radius 3 is 2.73 bits per heavy atom. The number of rotatable bonds is 6. The predicted molar refractivity (Wildman–Crippen MR) is 98.4 cm³/mol. The first kappa shape index (κ1) is 18.1. The number of anilines is 1. The summed E-state index contributed by atoms with van der Waals surface area (Å²) in [6, 6.07) is 7.34. The summed E-state index contributed by atoms with van der Waals surface area (Å²) in [5.41, 5.74) is 0.581. The second kappa shape index (κ2) is 8.62. The molecule has 0 bridgehead atoms. The quantitative estimate of drug-likeness (QED) is 0.847. The number of hydrogen-bond acceptors (Lipinski definition) is 6. The highest BCUT2D eigenvalue weighted by Crippen LogP contribution is 2.20. The Labute approximate surface area is 153 Å². The summed E-state index contributed by atoms with van der Waals surface area (Å²) in [7, 11) is 1.85. The fourth-order valence-electron chi connectivity index (χ4n) is 2.97. The van der Waals surface area contributed by atoms with Gasteiger partial charge in [-0.1, -0.05) is 0 Å². The highest BCUT2D eigenvalue weighted by molar-refractivity contribution is 5.94. The molecule has 26 heavy (non-hydrogen) atoms. The number of pyridine rings is 2. The van der Waals surface area contributed by atoms with Crippen LogP contribution in [0.2, 0.25) is 0 Å². The minimum absolute atomic E-state index is 0.00584. The molecule has 0 radical (unpaired) electrons. The van der Waals surface area contributed by atoms with Crippen LogP contribution in [0.15, 0.2) is 42.9 Å². The number of likely N-dealkylation sites (N-methyl/N-ethyl adjacent to an activating group) is 1. The lowest BCUT2D eigenvalue weighted by atomic mass is 10.1. The number of carbonyl (C=O) groups is 1. The Morgan fingerprint density at radius 2 is 2.12 bits per heavy atom. The normalized spacial score (nSPS) is 14.9. The average Bonchev–Trinajstić information content (AvgIpc) is 2.69. The Kier molecular flexibility index (Phi) is 6.01. The maximum atomic E-state index is 12.7. The Morgan fingerprint density at radius 1 is 1.31 bits per heavy atom. The molecule has 0 saturated carbocycles. The third kappa shape index (κ3) is 4.49. The highest BCUT2D eigenvalue weighted by Gasteiger charge is 2.25. The fourth-order valence-corrected chi connectivity index (χ4v) is 2.97. The van der Waals surface area contributed by atoms with Crippen molar-refractivity contribution < 1.29 is 14.6 Å². The fraction of sp³-hybridized carbons (Fsp3) is 0.421. The van der Waals surface area contributed by atoms with Crippen LogP contribution in [0.4, 0.5) is 5.82 Å². The number of amides is 1. The van der Waals surface area contributed by atoms with Gasteiger partial charge in [-0.15, -0.1) is 0 Å². The summed E-state index contributed by atoms with van der Waals surface area (Å²) in [5, 5.41) is 8.98. The lowest BCUT2D eigenvalue weighted by molar-refractivity contribution is 0.0594. The van der Waals surface area contributed by atoms with Gasteiger partial charge in [-0.3, -0.25) is 9.78 Å². The molecule has 0 aliphatic carbocycles. The molecule has 1 saturated heterocycles. The maximum Gasteiger partial charge on any atom is 0.255 e. The smallest absolute Gasteiger partial charge is 0.255 e. The van der Waals surface area contributed by atoms with Crippen LogP contribution >= 0.6 is 0 Å². The lowest BCUT2D eigenvalue weighted by Crippen LogP contribution is -2.41. The zero-order valence-electron chi connectivity index (χ0n) is 14.9.